The highest BCUT2D eigenvalue weighted by Crippen LogP contribution is 2.19. The molecule has 2 aromatic rings. The van der Waals surface area contributed by atoms with Crippen LogP contribution < -0.4 is 10.1 Å². The lowest BCUT2D eigenvalue weighted by molar-refractivity contribution is 0.0602. The number of hydrogen-bond acceptors (Lipinski definition) is 3. The van der Waals surface area contributed by atoms with Crippen LogP contribution in [0.3, 0.4) is 0 Å². The Balaban J connectivity index is 1.69. The lowest BCUT2D eigenvalue weighted by Gasteiger charge is -2.38. The number of hydrogen-bond donors (Lipinski definition) is 1. The molecule has 1 N–H and O–H groups in total. The summed E-state index contributed by atoms with van der Waals surface area (Å²) in [5.41, 5.74) is 1.79. The van der Waals surface area contributed by atoms with Gasteiger partial charge < -0.3 is 15.0 Å². The predicted octanol–water partition coefficient (Wildman–Crippen LogP) is 3.09. The largest absolute Gasteiger partial charge is 0.489 e. The van der Waals surface area contributed by atoms with Crippen molar-refractivity contribution in [3.63, 3.8) is 0 Å². The van der Waals surface area contributed by atoms with Crippen LogP contribution in [-0.2, 0) is 6.61 Å². The predicted molar refractivity (Wildman–Crippen MR) is 95.2 cm³/mol. The van der Waals surface area contributed by atoms with E-state index in [-0.39, 0.29) is 11.9 Å². The second kappa shape index (κ2) is 7.49. The molecule has 0 spiro atoms. The molecule has 4 nitrogen and oxygen atoms in total. The van der Waals surface area contributed by atoms with Crippen LogP contribution in [0.2, 0.25) is 0 Å². The highest BCUT2D eigenvalue weighted by atomic mass is 16.5. The number of benzene rings is 2. The summed E-state index contributed by atoms with van der Waals surface area (Å²) >= 11 is 0. The topological polar surface area (TPSA) is 41.6 Å². The number of ether oxygens (including phenoxy) is 1. The van der Waals surface area contributed by atoms with E-state index in [0.717, 1.165) is 24.4 Å². The summed E-state index contributed by atoms with van der Waals surface area (Å²) in [6.45, 7) is 6.27. The van der Waals surface area contributed by atoms with E-state index in [9.17, 15) is 4.79 Å². The maximum atomic E-state index is 12.8. The number of nitrogens with one attached hydrogen (secondary N) is 1. The summed E-state index contributed by atoms with van der Waals surface area (Å²) in [5.74, 6) is 0.793. The van der Waals surface area contributed by atoms with Gasteiger partial charge in [-0.2, -0.15) is 0 Å². The first kappa shape index (κ1) is 16.5. The first-order valence-electron chi connectivity index (χ1n) is 8.46. The van der Waals surface area contributed by atoms with Gasteiger partial charge in [0.1, 0.15) is 12.4 Å². The summed E-state index contributed by atoms with van der Waals surface area (Å²) in [7, 11) is 0. The van der Waals surface area contributed by atoms with Crippen molar-refractivity contribution in [1.82, 2.24) is 10.2 Å². The Morgan fingerprint density at radius 3 is 2.75 bits per heavy atom. The van der Waals surface area contributed by atoms with Gasteiger partial charge >= 0.3 is 0 Å². The Labute approximate surface area is 143 Å². The van der Waals surface area contributed by atoms with Crippen LogP contribution in [0, 0.1) is 0 Å². The van der Waals surface area contributed by atoms with Crippen LogP contribution in [-0.4, -0.2) is 36.0 Å². The summed E-state index contributed by atoms with van der Waals surface area (Å²) in [6, 6.07) is 18.0. The molecule has 0 aliphatic carbocycles. The fourth-order valence-corrected chi connectivity index (χ4v) is 2.97. The van der Waals surface area contributed by atoms with Crippen molar-refractivity contribution in [3.8, 4) is 5.75 Å². The molecule has 2 unspecified atom stereocenters. The molecular formula is C20H24N2O2. The average Bonchev–Trinajstić information content (AvgIpc) is 2.63. The van der Waals surface area contributed by atoms with Gasteiger partial charge in [-0.25, -0.2) is 0 Å². The zero-order chi connectivity index (χ0) is 16.9. The molecule has 1 aliphatic rings. The van der Waals surface area contributed by atoms with Crippen LogP contribution in [0.15, 0.2) is 54.6 Å². The van der Waals surface area contributed by atoms with E-state index >= 15 is 0 Å². The molecule has 0 saturated carbocycles. The maximum Gasteiger partial charge on any atom is 0.254 e. The molecular weight excluding hydrogens is 300 g/mol. The number of rotatable bonds is 4. The standard InChI is InChI=1S/C20H24N2O2/c1-15-16(2)22(12-11-21-15)20(23)18-9-6-10-19(13-18)24-14-17-7-4-3-5-8-17/h3-10,13,15-16,21H,11-12,14H2,1-2H3. The van der Waals surface area contributed by atoms with E-state index in [1.807, 2.05) is 59.5 Å². The Kier molecular flexibility index (Phi) is 5.16. The van der Waals surface area contributed by atoms with Crippen LogP contribution >= 0.6 is 0 Å². The van der Waals surface area contributed by atoms with Crippen molar-refractivity contribution in [3.05, 3.63) is 65.7 Å². The highest BCUT2D eigenvalue weighted by Gasteiger charge is 2.28. The SMILES string of the molecule is CC1NCCN(C(=O)c2cccc(OCc3ccccc3)c2)C1C. The number of carbonyl (C=O) groups excluding carboxylic acids is 1. The van der Waals surface area contributed by atoms with Crippen molar-refractivity contribution in [2.45, 2.75) is 32.5 Å². The number of nitrogens with zero attached hydrogens (tertiary/aromatic N) is 1. The molecule has 1 amide bonds. The van der Waals surface area contributed by atoms with Crippen molar-refractivity contribution >= 4 is 5.91 Å². The van der Waals surface area contributed by atoms with Crippen molar-refractivity contribution in [2.75, 3.05) is 13.1 Å². The van der Waals surface area contributed by atoms with Crippen LogP contribution in [0.5, 0.6) is 5.75 Å². The van der Waals surface area contributed by atoms with Crippen molar-refractivity contribution in [2.24, 2.45) is 0 Å². The van der Waals surface area contributed by atoms with Gasteiger partial charge in [-0.1, -0.05) is 36.4 Å². The van der Waals surface area contributed by atoms with E-state index in [2.05, 4.69) is 19.2 Å². The van der Waals surface area contributed by atoms with Crippen molar-refractivity contribution in [1.29, 1.82) is 0 Å². The fourth-order valence-electron chi connectivity index (χ4n) is 2.97. The Hall–Kier alpha value is -2.33. The van der Waals surface area contributed by atoms with Gasteiger partial charge in [0.25, 0.3) is 5.91 Å². The summed E-state index contributed by atoms with van der Waals surface area (Å²) in [6.07, 6.45) is 0. The first-order valence-corrected chi connectivity index (χ1v) is 8.46. The average molecular weight is 324 g/mol. The van der Waals surface area contributed by atoms with Gasteiger partial charge in [0.15, 0.2) is 0 Å². The maximum absolute atomic E-state index is 12.8. The van der Waals surface area contributed by atoms with Gasteiger partial charge in [0.2, 0.25) is 0 Å². The zero-order valence-corrected chi connectivity index (χ0v) is 14.2. The molecule has 1 fully saturated rings. The van der Waals surface area contributed by atoms with Crippen molar-refractivity contribution < 1.29 is 9.53 Å². The van der Waals surface area contributed by atoms with E-state index in [4.69, 9.17) is 4.74 Å². The third-order valence-corrected chi connectivity index (χ3v) is 4.62. The van der Waals surface area contributed by atoms with E-state index in [1.165, 1.54) is 0 Å². The summed E-state index contributed by atoms with van der Waals surface area (Å²) < 4.78 is 5.84. The minimum atomic E-state index is 0.0704. The number of amides is 1. The lowest BCUT2D eigenvalue weighted by Crippen LogP contribution is -2.57. The molecule has 0 aromatic heterocycles. The fraction of sp³-hybridized carbons (Fsp3) is 0.350. The molecule has 3 rings (SSSR count). The Morgan fingerprint density at radius 2 is 1.96 bits per heavy atom. The molecule has 4 heteroatoms. The zero-order valence-electron chi connectivity index (χ0n) is 14.2. The molecule has 1 aliphatic heterocycles. The number of carbonyl (C=O) groups is 1. The quantitative estimate of drug-likeness (QED) is 0.940. The normalized spacial score (nSPS) is 20.7. The Bertz CT molecular complexity index is 687. The van der Waals surface area contributed by atoms with Gasteiger partial charge in [0, 0.05) is 30.7 Å². The number of piperazine rings is 1. The van der Waals surface area contributed by atoms with E-state index in [0.29, 0.717) is 18.2 Å². The second-order valence-electron chi connectivity index (χ2n) is 6.28. The lowest BCUT2D eigenvalue weighted by atomic mass is 10.1. The summed E-state index contributed by atoms with van der Waals surface area (Å²) in [5, 5.41) is 3.40. The molecule has 2 aromatic carbocycles. The van der Waals surface area contributed by atoms with Gasteiger partial charge in [-0.15, -0.1) is 0 Å². The van der Waals surface area contributed by atoms with Crippen LogP contribution in [0.1, 0.15) is 29.8 Å². The van der Waals surface area contributed by atoms with E-state index < -0.39 is 0 Å². The van der Waals surface area contributed by atoms with Gasteiger partial charge in [0.05, 0.1) is 0 Å². The van der Waals surface area contributed by atoms with Gasteiger partial charge in [-0.3, -0.25) is 4.79 Å². The molecule has 1 heterocycles. The Morgan fingerprint density at radius 1 is 1.17 bits per heavy atom. The third kappa shape index (κ3) is 3.77. The molecule has 0 bridgehead atoms. The minimum absolute atomic E-state index is 0.0704. The molecule has 1 saturated heterocycles. The van der Waals surface area contributed by atoms with Crippen LogP contribution in [0.25, 0.3) is 0 Å². The smallest absolute Gasteiger partial charge is 0.254 e. The van der Waals surface area contributed by atoms with E-state index in [1.54, 1.807) is 0 Å². The molecule has 126 valence electrons. The third-order valence-electron chi connectivity index (χ3n) is 4.62. The monoisotopic (exact) mass is 324 g/mol. The van der Waals surface area contributed by atoms with Gasteiger partial charge in [-0.05, 0) is 37.6 Å². The molecule has 2 atom stereocenters. The second-order valence-corrected chi connectivity index (χ2v) is 6.28. The first-order chi connectivity index (χ1) is 11.6. The minimum Gasteiger partial charge on any atom is -0.489 e. The highest BCUT2D eigenvalue weighted by molar-refractivity contribution is 5.95. The summed E-state index contributed by atoms with van der Waals surface area (Å²) in [4.78, 5) is 14.8. The van der Waals surface area contributed by atoms with Crippen LogP contribution in [0.4, 0.5) is 0 Å². The molecule has 0 radical (unpaired) electrons. The molecule has 24 heavy (non-hydrogen) atoms.